The number of quaternary nitrogens is 1. The van der Waals surface area contributed by atoms with Gasteiger partial charge in [0, 0.05) is 5.92 Å². The number of aliphatic carboxylic acids is 1. The van der Waals surface area contributed by atoms with Crippen molar-refractivity contribution >= 4 is 5.97 Å². The van der Waals surface area contributed by atoms with Crippen LogP contribution in [0, 0.1) is 5.92 Å². The van der Waals surface area contributed by atoms with E-state index in [1.165, 1.54) is 135 Å². The predicted molar refractivity (Wildman–Crippen MR) is 162 cm³/mol. The van der Waals surface area contributed by atoms with E-state index in [9.17, 15) is 9.90 Å². The summed E-state index contributed by atoms with van der Waals surface area (Å²) in [4.78, 5) is 12.4. The fraction of sp³-hybridized carbons (Fsp3) is 0.971. The zero-order valence-corrected chi connectivity index (χ0v) is 26.5. The Hall–Kier alpha value is -0.570. The van der Waals surface area contributed by atoms with Crippen molar-refractivity contribution in [1.29, 1.82) is 0 Å². The highest BCUT2D eigenvalue weighted by Gasteiger charge is 2.46. The molecule has 0 saturated heterocycles. The number of nitrogens with zero attached hydrogens (tertiary/aromatic N) is 1. The van der Waals surface area contributed by atoms with Gasteiger partial charge in [-0.1, -0.05) is 162 Å². The number of carboxylic acids is 1. The van der Waals surface area contributed by atoms with Crippen LogP contribution in [0.2, 0.25) is 0 Å². The molecule has 0 aliphatic carbocycles. The zero-order chi connectivity index (χ0) is 27.8. The van der Waals surface area contributed by atoms with Gasteiger partial charge in [0.2, 0.25) is 0 Å². The lowest BCUT2D eigenvalue weighted by Gasteiger charge is -2.49. The molecule has 37 heavy (non-hydrogen) atoms. The van der Waals surface area contributed by atoms with E-state index >= 15 is 0 Å². The highest BCUT2D eigenvalue weighted by Crippen LogP contribution is 2.35. The molecule has 3 heteroatoms. The molecule has 0 saturated carbocycles. The molecular formula is C34H69NO2. The Labute approximate surface area is 234 Å². The molecule has 0 N–H and O–H groups in total. The third-order valence-electron chi connectivity index (χ3n) is 9.16. The molecule has 0 rings (SSSR count). The fourth-order valence-electron chi connectivity index (χ4n) is 5.98. The Morgan fingerprint density at radius 3 is 1.00 bits per heavy atom. The largest absolute Gasteiger partial charge is 0.544 e. The van der Waals surface area contributed by atoms with Crippen molar-refractivity contribution in [1.82, 2.24) is 0 Å². The predicted octanol–water partition coefficient (Wildman–Crippen LogP) is 9.61. The number of carbonyl (C=O) groups is 1. The minimum atomic E-state index is -0.869. The van der Waals surface area contributed by atoms with Crippen molar-refractivity contribution in [2.75, 3.05) is 21.1 Å². The Morgan fingerprint density at radius 1 is 0.541 bits per heavy atom. The first-order valence-electron chi connectivity index (χ1n) is 16.7. The second kappa shape index (κ2) is 23.3. The van der Waals surface area contributed by atoms with Gasteiger partial charge in [0.15, 0.2) is 0 Å². The van der Waals surface area contributed by atoms with Crippen LogP contribution in [0.15, 0.2) is 0 Å². The van der Waals surface area contributed by atoms with Gasteiger partial charge in [-0.15, -0.1) is 0 Å². The average Bonchev–Trinajstić information content (AvgIpc) is 2.85. The van der Waals surface area contributed by atoms with Gasteiger partial charge in [-0.25, -0.2) is 0 Å². The monoisotopic (exact) mass is 524 g/mol. The van der Waals surface area contributed by atoms with E-state index < -0.39 is 11.5 Å². The normalized spacial score (nSPS) is 14.5. The summed E-state index contributed by atoms with van der Waals surface area (Å²) in [6, 6.07) is 0. The van der Waals surface area contributed by atoms with Gasteiger partial charge in [0.1, 0.15) is 11.5 Å². The van der Waals surface area contributed by atoms with E-state index in [1.807, 2.05) is 28.1 Å². The van der Waals surface area contributed by atoms with E-state index in [-0.39, 0.29) is 5.92 Å². The van der Waals surface area contributed by atoms with Gasteiger partial charge in [0.25, 0.3) is 0 Å². The molecule has 0 aromatic heterocycles. The number of unbranched alkanes of at least 4 members (excludes halogenated alkanes) is 21. The van der Waals surface area contributed by atoms with Crippen molar-refractivity contribution < 1.29 is 14.4 Å². The first kappa shape index (κ1) is 36.4. The van der Waals surface area contributed by atoms with Gasteiger partial charge < -0.3 is 14.4 Å². The quantitative estimate of drug-likeness (QED) is 0.0756. The van der Waals surface area contributed by atoms with Crippen LogP contribution in [-0.2, 0) is 4.79 Å². The molecule has 222 valence electrons. The summed E-state index contributed by atoms with van der Waals surface area (Å²) >= 11 is 0. The molecule has 0 amide bonds. The SMILES string of the molecule is CCCCCCCCCCCCCCCCC(CCCCCCCCCCC)C(C)(C(=O)[O-])[N+](C)(C)C. The maximum absolute atomic E-state index is 12.4. The molecule has 3 nitrogen and oxygen atoms in total. The molecule has 0 radical (unpaired) electrons. The maximum atomic E-state index is 12.4. The topological polar surface area (TPSA) is 40.1 Å². The summed E-state index contributed by atoms with van der Waals surface area (Å²) in [5.41, 5.74) is -0.823. The third kappa shape index (κ3) is 17.6. The van der Waals surface area contributed by atoms with E-state index in [2.05, 4.69) is 13.8 Å². The van der Waals surface area contributed by atoms with Crippen LogP contribution in [0.3, 0.4) is 0 Å². The molecular weight excluding hydrogens is 454 g/mol. The number of carboxylic acid groups (broad SMARTS) is 1. The summed E-state index contributed by atoms with van der Waals surface area (Å²) in [5, 5.41) is 12.4. The summed E-state index contributed by atoms with van der Waals surface area (Å²) in [7, 11) is 6.10. The molecule has 0 aromatic carbocycles. The molecule has 0 aromatic rings. The van der Waals surface area contributed by atoms with E-state index in [0.717, 1.165) is 25.7 Å². The molecule has 0 heterocycles. The van der Waals surface area contributed by atoms with Crippen molar-refractivity contribution in [3.05, 3.63) is 0 Å². The van der Waals surface area contributed by atoms with Gasteiger partial charge in [0.05, 0.1) is 21.1 Å². The number of carbonyl (C=O) groups excluding carboxylic acids is 1. The summed E-state index contributed by atoms with van der Waals surface area (Å²) < 4.78 is 0.441. The average molecular weight is 524 g/mol. The summed E-state index contributed by atoms with van der Waals surface area (Å²) in [5.74, 6) is -0.675. The third-order valence-corrected chi connectivity index (χ3v) is 9.16. The van der Waals surface area contributed by atoms with Gasteiger partial charge in [-0.05, 0) is 19.8 Å². The zero-order valence-electron chi connectivity index (χ0n) is 26.5. The lowest BCUT2D eigenvalue weighted by Crippen LogP contribution is -2.68. The van der Waals surface area contributed by atoms with Crippen molar-refractivity contribution in [3.8, 4) is 0 Å². The number of likely N-dealkylation sites (N-methyl/N-ethyl adjacent to an activating group) is 1. The lowest BCUT2D eigenvalue weighted by molar-refractivity contribution is -0.918. The van der Waals surface area contributed by atoms with E-state index in [0.29, 0.717) is 4.48 Å². The van der Waals surface area contributed by atoms with E-state index in [4.69, 9.17) is 0 Å². The molecule has 0 bridgehead atoms. The van der Waals surface area contributed by atoms with Crippen LogP contribution in [-0.4, -0.2) is 37.1 Å². The Bertz CT molecular complexity index is 512. The molecule has 0 aliphatic heterocycles. The smallest absolute Gasteiger partial charge is 0.139 e. The van der Waals surface area contributed by atoms with Crippen LogP contribution in [0.5, 0.6) is 0 Å². The van der Waals surface area contributed by atoms with Gasteiger partial charge in [-0.3, -0.25) is 0 Å². The van der Waals surface area contributed by atoms with Crippen LogP contribution in [0.1, 0.15) is 181 Å². The number of rotatable bonds is 28. The van der Waals surface area contributed by atoms with Crippen LogP contribution >= 0.6 is 0 Å². The number of hydrogen-bond acceptors (Lipinski definition) is 2. The highest BCUT2D eigenvalue weighted by atomic mass is 16.4. The summed E-state index contributed by atoms with van der Waals surface area (Å²) in [6.07, 6.45) is 32.9. The van der Waals surface area contributed by atoms with Crippen molar-refractivity contribution in [3.63, 3.8) is 0 Å². The van der Waals surface area contributed by atoms with E-state index in [1.54, 1.807) is 0 Å². The van der Waals surface area contributed by atoms with Crippen LogP contribution in [0.25, 0.3) is 0 Å². The fourth-order valence-corrected chi connectivity index (χ4v) is 5.98. The van der Waals surface area contributed by atoms with Crippen molar-refractivity contribution in [2.24, 2.45) is 5.92 Å². The summed E-state index contributed by atoms with van der Waals surface area (Å²) in [6.45, 7) is 6.50. The Kier molecular flexibility index (Phi) is 23.0. The Morgan fingerprint density at radius 2 is 0.784 bits per heavy atom. The minimum Gasteiger partial charge on any atom is -0.544 e. The minimum absolute atomic E-state index is 0.194. The molecule has 0 aliphatic rings. The van der Waals surface area contributed by atoms with Gasteiger partial charge in [-0.2, -0.15) is 0 Å². The first-order chi connectivity index (χ1) is 17.7. The maximum Gasteiger partial charge on any atom is 0.139 e. The molecule has 0 spiro atoms. The second-order valence-corrected chi connectivity index (χ2v) is 13.1. The highest BCUT2D eigenvalue weighted by molar-refractivity contribution is 5.75. The standard InChI is InChI=1S/C34H69NO2/c1-7-9-11-13-15-17-18-19-20-21-23-25-27-29-31-32(34(3,33(36)37)35(4,5)6)30-28-26-24-22-16-14-12-10-8-2/h32H,7-31H2,1-6H3. The van der Waals surface area contributed by atoms with Crippen LogP contribution < -0.4 is 5.11 Å². The molecule has 0 fully saturated rings. The van der Waals surface area contributed by atoms with Gasteiger partial charge >= 0.3 is 0 Å². The van der Waals surface area contributed by atoms with Crippen LogP contribution in [0.4, 0.5) is 0 Å². The molecule has 2 unspecified atom stereocenters. The second-order valence-electron chi connectivity index (χ2n) is 13.1. The number of hydrogen-bond donors (Lipinski definition) is 0. The lowest BCUT2D eigenvalue weighted by atomic mass is 9.76. The molecule has 2 atom stereocenters. The first-order valence-corrected chi connectivity index (χ1v) is 16.7. The van der Waals surface area contributed by atoms with Crippen molar-refractivity contribution in [2.45, 2.75) is 187 Å². The Balaban J connectivity index is 4.24.